The Morgan fingerprint density at radius 2 is 2.26 bits per heavy atom. The van der Waals surface area contributed by atoms with E-state index in [9.17, 15) is 0 Å². The molecule has 2 atom stereocenters. The predicted molar refractivity (Wildman–Crippen MR) is 76.7 cm³/mol. The van der Waals surface area contributed by atoms with Crippen molar-refractivity contribution in [3.63, 3.8) is 0 Å². The summed E-state index contributed by atoms with van der Waals surface area (Å²) < 4.78 is 1.77. The van der Waals surface area contributed by atoms with Gasteiger partial charge in [0.2, 0.25) is 0 Å². The van der Waals surface area contributed by atoms with Crippen LogP contribution < -0.4 is 5.32 Å². The molecule has 5 heteroatoms. The van der Waals surface area contributed by atoms with E-state index in [0.717, 1.165) is 25.3 Å². The zero-order valence-corrected chi connectivity index (χ0v) is 12.8. The number of rotatable bonds is 4. The number of hydrogen-bond donors (Lipinski definition) is 1. The SMILES string of the molecule is CCC(C)C1CN(Cc2cn(C)nn2)C(C)(C)CN1. The second kappa shape index (κ2) is 5.59. The Bertz CT molecular complexity index is 412. The van der Waals surface area contributed by atoms with Gasteiger partial charge in [-0.2, -0.15) is 0 Å². The van der Waals surface area contributed by atoms with Crippen LogP contribution in [0.1, 0.15) is 39.8 Å². The molecule has 1 aliphatic rings. The van der Waals surface area contributed by atoms with Crippen molar-refractivity contribution < 1.29 is 0 Å². The first kappa shape index (κ1) is 14.5. The van der Waals surface area contributed by atoms with Gasteiger partial charge in [0.15, 0.2) is 0 Å². The van der Waals surface area contributed by atoms with Crippen LogP contribution in [0.25, 0.3) is 0 Å². The van der Waals surface area contributed by atoms with Gasteiger partial charge in [-0.05, 0) is 19.8 Å². The third-order valence-electron chi connectivity index (χ3n) is 4.40. The molecule has 1 saturated heterocycles. The van der Waals surface area contributed by atoms with Crippen molar-refractivity contribution in [1.82, 2.24) is 25.2 Å². The molecule has 1 aromatic heterocycles. The molecule has 0 aromatic carbocycles. The minimum Gasteiger partial charge on any atom is -0.311 e. The molecule has 1 aromatic rings. The zero-order chi connectivity index (χ0) is 14.0. The molecule has 0 saturated carbocycles. The minimum atomic E-state index is 0.168. The summed E-state index contributed by atoms with van der Waals surface area (Å²) in [6, 6.07) is 0.578. The van der Waals surface area contributed by atoms with Crippen molar-refractivity contribution in [3.8, 4) is 0 Å². The van der Waals surface area contributed by atoms with Crippen molar-refractivity contribution in [1.29, 1.82) is 0 Å². The van der Waals surface area contributed by atoms with Crippen molar-refractivity contribution in [2.75, 3.05) is 13.1 Å². The number of aryl methyl sites for hydroxylation is 1. The molecule has 0 aliphatic carbocycles. The number of aromatic nitrogens is 3. The lowest BCUT2D eigenvalue weighted by atomic mass is 9.91. The number of nitrogens with one attached hydrogen (secondary N) is 1. The number of nitrogens with zero attached hydrogens (tertiary/aromatic N) is 4. The molecule has 2 unspecified atom stereocenters. The summed E-state index contributed by atoms with van der Waals surface area (Å²) in [5.41, 5.74) is 1.22. The van der Waals surface area contributed by atoms with E-state index in [4.69, 9.17) is 0 Å². The Balaban J connectivity index is 2.06. The van der Waals surface area contributed by atoms with Gasteiger partial charge in [-0.3, -0.25) is 9.58 Å². The maximum atomic E-state index is 4.22. The third kappa shape index (κ3) is 3.34. The monoisotopic (exact) mass is 265 g/mol. The first-order valence-electron chi connectivity index (χ1n) is 7.26. The largest absolute Gasteiger partial charge is 0.311 e. The van der Waals surface area contributed by atoms with Crippen LogP contribution in [0.15, 0.2) is 6.20 Å². The molecule has 19 heavy (non-hydrogen) atoms. The van der Waals surface area contributed by atoms with E-state index in [1.807, 2.05) is 13.2 Å². The third-order valence-corrected chi connectivity index (χ3v) is 4.40. The fraction of sp³-hybridized carbons (Fsp3) is 0.857. The lowest BCUT2D eigenvalue weighted by molar-refractivity contribution is 0.0438. The van der Waals surface area contributed by atoms with Crippen LogP contribution in [0, 0.1) is 5.92 Å². The molecule has 0 amide bonds. The number of piperazine rings is 1. The average molecular weight is 265 g/mol. The van der Waals surface area contributed by atoms with Crippen molar-refractivity contribution in [2.24, 2.45) is 13.0 Å². The summed E-state index contributed by atoms with van der Waals surface area (Å²) in [6.07, 6.45) is 3.23. The Kier molecular flexibility index (Phi) is 4.26. The Morgan fingerprint density at radius 3 is 2.84 bits per heavy atom. The molecule has 2 rings (SSSR count). The van der Waals surface area contributed by atoms with Crippen LogP contribution in [0.5, 0.6) is 0 Å². The fourth-order valence-electron chi connectivity index (χ4n) is 2.65. The van der Waals surface area contributed by atoms with Gasteiger partial charge >= 0.3 is 0 Å². The van der Waals surface area contributed by atoms with Crippen molar-refractivity contribution in [3.05, 3.63) is 11.9 Å². The van der Waals surface area contributed by atoms with Crippen LogP contribution in [0.4, 0.5) is 0 Å². The van der Waals surface area contributed by atoms with Gasteiger partial charge in [0.1, 0.15) is 0 Å². The van der Waals surface area contributed by atoms with Gasteiger partial charge < -0.3 is 5.32 Å². The molecule has 108 valence electrons. The molecular weight excluding hydrogens is 238 g/mol. The highest BCUT2D eigenvalue weighted by Crippen LogP contribution is 2.24. The quantitative estimate of drug-likeness (QED) is 0.894. The van der Waals surface area contributed by atoms with E-state index in [2.05, 4.69) is 48.2 Å². The highest BCUT2D eigenvalue weighted by Gasteiger charge is 2.35. The molecule has 0 radical (unpaired) electrons. The predicted octanol–water partition coefficient (Wildman–Crippen LogP) is 1.41. The van der Waals surface area contributed by atoms with E-state index in [1.54, 1.807) is 4.68 Å². The van der Waals surface area contributed by atoms with Crippen LogP contribution in [-0.2, 0) is 13.6 Å². The minimum absolute atomic E-state index is 0.168. The van der Waals surface area contributed by atoms with Crippen molar-refractivity contribution in [2.45, 2.75) is 52.2 Å². The van der Waals surface area contributed by atoms with E-state index < -0.39 is 0 Å². The topological polar surface area (TPSA) is 46.0 Å². The van der Waals surface area contributed by atoms with E-state index in [1.165, 1.54) is 6.42 Å². The Labute approximate surface area is 116 Å². The lowest BCUT2D eigenvalue weighted by Crippen LogP contribution is -2.62. The summed E-state index contributed by atoms with van der Waals surface area (Å²) in [4.78, 5) is 2.53. The molecule has 0 bridgehead atoms. The van der Waals surface area contributed by atoms with Crippen molar-refractivity contribution >= 4 is 0 Å². The summed E-state index contributed by atoms with van der Waals surface area (Å²) in [6.45, 7) is 12.2. The highest BCUT2D eigenvalue weighted by atomic mass is 15.4. The van der Waals surface area contributed by atoms with E-state index in [-0.39, 0.29) is 5.54 Å². The maximum Gasteiger partial charge on any atom is 0.0967 e. The highest BCUT2D eigenvalue weighted by molar-refractivity contribution is 4.99. The van der Waals surface area contributed by atoms with Gasteiger partial charge in [0.05, 0.1) is 5.69 Å². The standard InChI is InChI=1S/C14H27N5/c1-6-11(2)13-9-19(14(3,4)10-15-13)8-12-7-18(5)17-16-12/h7,11,13,15H,6,8-10H2,1-5H3. The van der Waals surface area contributed by atoms with Gasteiger partial charge in [-0.25, -0.2) is 0 Å². The number of hydrogen-bond acceptors (Lipinski definition) is 4. The summed E-state index contributed by atoms with van der Waals surface area (Å²) in [5.74, 6) is 0.709. The van der Waals surface area contributed by atoms with Crippen LogP contribution in [0.3, 0.4) is 0 Å². The lowest BCUT2D eigenvalue weighted by Gasteiger charge is -2.47. The van der Waals surface area contributed by atoms with Gasteiger partial charge in [-0.1, -0.05) is 25.5 Å². The normalized spacial score (nSPS) is 25.4. The fourth-order valence-corrected chi connectivity index (χ4v) is 2.65. The first-order chi connectivity index (χ1) is 8.92. The second-order valence-corrected chi connectivity index (χ2v) is 6.45. The smallest absolute Gasteiger partial charge is 0.0967 e. The summed E-state index contributed by atoms with van der Waals surface area (Å²) in [5, 5.41) is 11.9. The first-order valence-corrected chi connectivity index (χ1v) is 7.26. The molecule has 1 N–H and O–H groups in total. The van der Waals surface area contributed by atoms with Gasteiger partial charge in [-0.15, -0.1) is 5.10 Å². The van der Waals surface area contributed by atoms with Gasteiger partial charge in [0.25, 0.3) is 0 Å². The van der Waals surface area contributed by atoms with Crippen LogP contribution in [-0.4, -0.2) is 44.6 Å². The summed E-state index contributed by atoms with van der Waals surface area (Å²) >= 11 is 0. The molecule has 0 spiro atoms. The molecule has 5 nitrogen and oxygen atoms in total. The molecule has 2 heterocycles. The maximum absolute atomic E-state index is 4.22. The molecular formula is C14H27N5. The van der Waals surface area contributed by atoms with E-state index in [0.29, 0.717) is 12.0 Å². The Morgan fingerprint density at radius 1 is 1.53 bits per heavy atom. The van der Waals surface area contributed by atoms with Gasteiger partial charge in [0, 0.05) is 44.5 Å². The van der Waals surface area contributed by atoms with Crippen LogP contribution >= 0.6 is 0 Å². The van der Waals surface area contributed by atoms with E-state index >= 15 is 0 Å². The average Bonchev–Trinajstić information content (AvgIpc) is 2.76. The zero-order valence-electron chi connectivity index (χ0n) is 12.8. The molecule has 1 fully saturated rings. The second-order valence-electron chi connectivity index (χ2n) is 6.45. The van der Waals surface area contributed by atoms with Crippen LogP contribution in [0.2, 0.25) is 0 Å². The summed E-state index contributed by atoms with van der Waals surface area (Å²) in [7, 11) is 1.92. The Hall–Kier alpha value is -0.940. The molecule has 1 aliphatic heterocycles.